The third kappa shape index (κ3) is 7.58. The molecule has 214 valence electrons. The van der Waals surface area contributed by atoms with Crippen molar-refractivity contribution in [2.24, 2.45) is 0 Å². The van der Waals surface area contributed by atoms with Crippen LogP contribution in [0.1, 0.15) is 64.5 Å². The predicted octanol–water partition coefficient (Wildman–Crippen LogP) is 6.82. The van der Waals surface area contributed by atoms with Gasteiger partial charge in [0.15, 0.2) is 13.9 Å². The number of fused-ring (bicyclic) bond motifs is 1. The highest BCUT2D eigenvalue weighted by atomic mass is 28.4. The highest BCUT2D eigenvalue weighted by Crippen LogP contribution is 2.45. The Bertz CT molecular complexity index is 1050. The van der Waals surface area contributed by atoms with Crippen LogP contribution in [0.5, 0.6) is 0 Å². The Morgan fingerprint density at radius 3 is 2.21 bits per heavy atom. The monoisotopic (exact) mass is 554 g/mol. The van der Waals surface area contributed by atoms with Gasteiger partial charge in [-0.15, -0.1) is 0 Å². The van der Waals surface area contributed by atoms with Crippen molar-refractivity contribution in [1.29, 1.82) is 0 Å². The van der Waals surface area contributed by atoms with Crippen LogP contribution in [0.3, 0.4) is 0 Å². The molecule has 0 aromatic heterocycles. The molecular formula is C32H46O6Si. The molecule has 0 spiro atoms. The van der Waals surface area contributed by atoms with Gasteiger partial charge >= 0.3 is 5.97 Å². The third-order valence-electron chi connectivity index (χ3n) is 8.63. The highest BCUT2D eigenvalue weighted by Gasteiger charge is 2.56. The Balaban J connectivity index is 1.57. The molecule has 6 nitrogen and oxygen atoms in total. The van der Waals surface area contributed by atoms with Crippen molar-refractivity contribution in [3.05, 3.63) is 71.8 Å². The molecule has 2 aromatic rings. The van der Waals surface area contributed by atoms with Crippen LogP contribution in [-0.2, 0) is 41.4 Å². The Morgan fingerprint density at radius 2 is 1.59 bits per heavy atom. The predicted molar refractivity (Wildman–Crippen MR) is 155 cm³/mol. The molecule has 2 aliphatic heterocycles. The Morgan fingerprint density at radius 1 is 0.974 bits per heavy atom. The van der Waals surface area contributed by atoms with E-state index < -0.39 is 13.9 Å². The second-order valence-electron chi connectivity index (χ2n) is 12.6. The van der Waals surface area contributed by atoms with E-state index >= 15 is 0 Å². The first kappa shape index (κ1) is 29.9. The fraction of sp³-hybridized carbons (Fsp3) is 0.594. The number of hydrogen-bond donors (Lipinski definition) is 0. The summed E-state index contributed by atoms with van der Waals surface area (Å²) in [5.41, 5.74) is 1.38. The first-order valence-corrected chi connectivity index (χ1v) is 17.2. The third-order valence-corrected chi connectivity index (χ3v) is 13.1. The lowest BCUT2D eigenvalue weighted by Crippen LogP contribution is -2.60. The molecule has 0 radical (unpaired) electrons. The lowest BCUT2D eigenvalue weighted by atomic mass is 9.85. The molecule has 0 amide bonds. The molecule has 0 bridgehead atoms. The minimum absolute atomic E-state index is 0.00969. The molecule has 0 saturated carbocycles. The fourth-order valence-corrected chi connectivity index (χ4v) is 6.53. The van der Waals surface area contributed by atoms with Gasteiger partial charge in [0, 0.05) is 19.4 Å². The van der Waals surface area contributed by atoms with Crippen LogP contribution in [0.25, 0.3) is 0 Å². The Kier molecular flexibility index (Phi) is 9.71. The number of carbonyl (C=O) groups is 1. The van der Waals surface area contributed by atoms with Crippen molar-refractivity contribution in [3.63, 3.8) is 0 Å². The first-order valence-electron chi connectivity index (χ1n) is 14.3. The number of rotatable bonds is 10. The lowest BCUT2D eigenvalue weighted by Gasteiger charge is -2.48. The van der Waals surface area contributed by atoms with E-state index in [9.17, 15) is 4.79 Å². The van der Waals surface area contributed by atoms with Gasteiger partial charge in [-0.25, -0.2) is 0 Å². The first-order chi connectivity index (χ1) is 18.5. The number of esters is 1. The second-order valence-corrected chi connectivity index (χ2v) is 17.4. The van der Waals surface area contributed by atoms with Crippen LogP contribution in [0.15, 0.2) is 60.7 Å². The van der Waals surface area contributed by atoms with E-state index in [0.717, 1.165) is 11.1 Å². The average Bonchev–Trinajstić information content (AvgIpc) is 2.99. The van der Waals surface area contributed by atoms with Crippen LogP contribution >= 0.6 is 0 Å². The molecule has 39 heavy (non-hydrogen) atoms. The fourth-order valence-electron chi connectivity index (χ4n) is 5.14. The molecule has 2 aliphatic rings. The van der Waals surface area contributed by atoms with Crippen LogP contribution in [0.2, 0.25) is 18.1 Å². The largest absolute Gasteiger partial charge is 0.454 e. The molecule has 2 fully saturated rings. The molecule has 5 atom stereocenters. The summed E-state index contributed by atoms with van der Waals surface area (Å²) in [4.78, 5) is 12.6. The normalized spacial score (nSPS) is 27.9. The Hall–Kier alpha value is -2.03. The van der Waals surface area contributed by atoms with E-state index in [4.69, 9.17) is 23.4 Å². The molecule has 0 N–H and O–H groups in total. The minimum Gasteiger partial charge on any atom is -0.454 e. The summed E-state index contributed by atoms with van der Waals surface area (Å²) in [5.74, 6) is -0.187. The van der Waals surface area contributed by atoms with Crippen molar-refractivity contribution in [2.45, 2.75) is 115 Å². The maximum absolute atomic E-state index is 12.6. The van der Waals surface area contributed by atoms with Crippen LogP contribution in [0, 0.1) is 0 Å². The van der Waals surface area contributed by atoms with Crippen molar-refractivity contribution in [1.82, 2.24) is 0 Å². The zero-order valence-corrected chi connectivity index (χ0v) is 25.5. The van der Waals surface area contributed by atoms with E-state index in [2.05, 4.69) is 58.1 Å². The zero-order chi connectivity index (χ0) is 28.1. The van der Waals surface area contributed by atoms with E-state index in [1.54, 1.807) is 0 Å². The highest BCUT2D eigenvalue weighted by molar-refractivity contribution is 6.74. The van der Waals surface area contributed by atoms with Crippen LogP contribution in [-0.4, -0.2) is 50.9 Å². The van der Waals surface area contributed by atoms with Gasteiger partial charge in [0.2, 0.25) is 0 Å². The average molecular weight is 555 g/mol. The molecule has 4 rings (SSSR count). The summed E-state index contributed by atoms with van der Waals surface area (Å²) in [6, 6.07) is 20.4. The number of ether oxygens (including phenoxy) is 4. The van der Waals surface area contributed by atoms with Gasteiger partial charge in [-0.05, 0) is 49.0 Å². The van der Waals surface area contributed by atoms with Crippen molar-refractivity contribution in [2.75, 3.05) is 6.61 Å². The topological polar surface area (TPSA) is 63.2 Å². The van der Waals surface area contributed by atoms with E-state index in [1.165, 1.54) is 0 Å². The molecule has 2 aromatic carbocycles. The molecule has 7 heteroatoms. The Labute approximate surface area is 235 Å². The summed E-state index contributed by atoms with van der Waals surface area (Å²) in [7, 11) is -2.19. The van der Waals surface area contributed by atoms with Gasteiger partial charge < -0.3 is 23.4 Å². The second kappa shape index (κ2) is 12.6. The maximum atomic E-state index is 12.6. The molecule has 0 aliphatic carbocycles. The van der Waals surface area contributed by atoms with Gasteiger partial charge in [-0.2, -0.15) is 0 Å². The van der Waals surface area contributed by atoms with Crippen molar-refractivity contribution < 1.29 is 28.2 Å². The summed E-state index contributed by atoms with van der Waals surface area (Å²) >= 11 is 0. The van der Waals surface area contributed by atoms with Gasteiger partial charge in [0.25, 0.3) is 0 Å². The molecular weight excluding hydrogens is 508 g/mol. The number of hydrogen-bond acceptors (Lipinski definition) is 6. The number of carbonyl (C=O) groups excluding carboxylic acids is 1. The van der Waals surface area contributed by atoms with Crippen molar-refractivity contribution in [3.8, 4) is 0 Å². The van der Waals surface area contributed by atoms with Gasteiger partial charge in [0.1, 0.15) is 6.10 Å². The summed E-state index contributed by atoms with van der Waals surface area (Å²) in [6.45, 7) is 14.8. The van der Waals surface area contributed by atoms with Gasteiger partial charge in [-0.3, -0.25) is 4.79 Å². The summed E-state index contributed by atoms with van der Waals surface area (Å²) in [5, 5.41) is 0.00969. The molecule has 2 saturated heterocycles. The maximum Gasteiger partial charge on any atom is 0.306 e. The number of benzene rings is 2. The minimum atomic E-state index is -2.19. The van der Waals surface area contributed by atoms with Crippen molar-refractivity contribution >= 4 is 14.3 Å². The lowest BCUT2D eigenvalue weighted by molar-refractivity contribution is -0.213. The summed E-state index contributed by atoms with van der Waals surface area (Å²) in [6.07, 6.45) is 1.18. The SMILES string of the molecule is CC(C)(C)[Si](C)(C)O[C@@H]1C[C@@H](OCc2ccccc2)[C@H](CCOCc2ccccc2)O[C@@H]2CCC(=O)O[C@]21C. The van der Waals surface area contributed by atoms with Gasteiger partial charge in [0.05, 0.1) is 31.5 Å². The van der Waals surface area contributed by atoms with Crippen LogP contribution < -0.4 is 0 Å². The van der Waals surface area contributed by atoms with E-state index in [-0.39, 0.29) is 35.4 Å². The van der Waals surface area contributed by atoms with Crippen LogP contribution in [0.4, 0.5) is 0 Å². The molecule has 0 unspecified atom stereocenters. The van der Waals surface area contributed by atoms with Gasteiger partial charge in [-0.1, -0.05) is 81.4 Å². The summed E-state index contributed by atoms with van der Waals surface area (Å²) < 4.78 is 32.6. The zero-order valence-electron chi connectivity index (χ0n) is 24.5. The smallest absolute Gasteiger partial charge is 0.306 e. The quantitative estimate of drug-likeness (QED) is 0.182. The van der Waals surface area contributed by atoms with E-state index in [0.29, 0.717) is 45.5 Å². The molecule has 2 heterocycles. The van der Waals surface area contributed by atoms with E-state index in [1.807, 2.05) is 43.3 Å². The standard InChI is InChI=1S/C32H46O6Si/c1-31(2,3)39(5,6)38-29-21-27(35-23-25-15-11-8-12-16-25)26(19-20-34-22-24-13-9-7-10-14-24)36-28-17-18-30(33)37-32(28,29)4/h7-16,26-29H,17-23H2,1-6H3/t26-,27+,28+,29+,32+/m0/s1.